The molecule has 4 rings (SSSR count). The zero-order chi connectivity index (χ0) is 16.0. The Labute approximate surface area is 127 Å². The molecule has 0 amide bonds. The number of anilines is 2. The second-order valence-electron chi connectivity index (χ2n) is 5.00. The molecule has 0 unspecified atom stereocenters. The molecule has 116 valence electrons. The number of aromatic nitrogens is 4. The Morgan fingerprint density at radius 3 is 2.87 bits per heavy atom. The van der Waals surface area contributed by atoms with Crippen LogP contribution >= 0.6 is 0 Å². The fourth-order valence-electron chi connectivity index (χ4n) is 2.47. The molecule has 3 aromatic heterocycles. The van der Waals surface area contributed by atoms with Gasteiger partial charge < -0.3 is 10.3 Å². The normalized spacial score (nSPS) is 13.5. The average Bonchev–Trinajstić information content (AvgIpc) is 3.12. The van der Waals surface area contributed by atoms with E-state index in [0.29, 0.717) is 12.2 Å². The van der Waals surface area contributed by atoms with Crippen molar-refractivity contribution >= 4 is 28.8 Å². The van der Waals surface area contributed by atoms with E-state index in [1.54, 1.807) is 18.5 Å². The summed E-state index contributed by atoms with van der Waals surface area (Å²) >= 11 is 0. The van der Waals surface area contributed by atoms with Crippen LogP contribution in [0.4, 0.5) is 24.7 Å². The minimum Gasteiger partial charge on any atom is -0.345 e. The van der Waals surface area contributed by atoms with Gasteiger partial charge in [0.2, 0.25) is 0 Å². The molecule has 1 aliphatic rings. The van der Waals surface area contributed by atoms with E-state index >= 15 is 0 Å². The molecule has 23 heavy (non-hydrogen) atoms. The van der Waals surface area contributed by atoms with Crippen LogP contribution in [0.15, 0.2) is 29.8 Å². The lowest BCUT2D eigenvalue weighted by atomic mass is 10.2. The van der Waals surface area contributed by atoms with Crippen molar-refractivity contribution in [1.29, 1.82) is 0 Å². The summed E-state index contributed by atoms with van der Waals surface area (Å²) in [5.41, 5.74) is 1.51. The molecule has 0 aliphatic carbocycles. The molecular weight excluding hydrogens is 309 g/mol. The molecule has 0 atom stereocenters. The lowest BCUT2D eigenvalue weighted by Gasteiger charge is -2.10. The Morgan fingerprint density at radius 1 is 1.17 bits per heavy atom. The van der Waals surface area contributed by atoms with Gasteiger partial charge in [-0.2, -0.15) is 13.2 Å². The Morgan fingerprint density at radius 2 is 2.04 bits per heavy atom. The largest absolute Gasteiger partial charge is 0.418 e. The summed E-state index contributed by atoms with van der Waals surface area (Å²) in [5.74, 6) is 0.0697. The van der Waals surface area contributed by atoms with Gasteiger partial charge in [0.15, 0.2) is 0 Å². The second-order valence-corrected chi connectivity index (χ2v) is 5.00. The van der Waals surface area contributed by atoms with Crippen molar-refractivity contribution < 1.29 is 13.2 Å². The van der Waals surface area contributed by atoms with Crippen LogP contribution in [0.3, 0.4) is 0 Å². The third kappa shape index (κ3) is 2.30. The molecule has 4 heterocycles. The van der Waals surface area contributed by atoms with Gasteiger partial charge in [0.05, 0.1) is 35.1 Å². The number of H-pyrrole nitrogens is 1. The number of rotatable bonds is 2. The first kappa shape index (κ1) is 13.7. The first-order chi connectivity index (χ1) is 11.0. The summed E-state index contributed by atoms with van der Waals surface area (Å²) in [4.78, 5) is 18.6. The minimum atomic E-state index is -4.50. The molecule has 0 saturated carbocycles. The molecule has 0 bridgehead atoms. The van der Waals surface area contributed by atoms with E-state index in [1.165, 1.54) is 6.33 Å². The van der Waals surface area contributed by atoms with Gasteiger partial charge in [-0.3, -0.25) is 9.98 Å². The zero-order valence-electron chi connectivity index (χ0n) is 11.5. The molecule has 0 aromatic carbocycles. The average molecular weight is 318 g/mol. The van der Waals surface area contributed by atoms with Crippen molar-refractivity contribution in [2.75, 3.05) is 5.32 Å². The fourth-order valence-corrected chi connectivity index (χ4v) is 2.47. The van der Waals surface area contributed by atoms with Crippen molar-refractivity contribution in [3.05, 3.63) is 41.6 Å². The van der Waals surface area contributed by atoms with Crippen LogP contribution in [-0.4, -0.2) is 26.2 Å². The summed E-state index contributed by atoms with van der Waals surface area (Å²) in [6.45, 7) is 0.517. The Bertz CT molecular complexity index is 928. The summed E-state index contributed by atoms with van der Waals surface area (Å²) in [6, 6.07) is 1.77. The van der Waals surface area contributed by atoms with Gasteiger partial charge in [0, 0.05) is 18.0 Å². The van der Waals surface area contributed by atoms with E-state index in [4.69, 9.17) is 0 Å². The molecule has 3 aromatic rings. The second kappa shape index (κ2) is 4.77. The maximum Gasteiger partial charge on any atom is 0.418 e. The van der Waals surface area contributed by atoms with Crippen molar-refractivity contribution in [3.8, 4) is 0 Å². The highest BCUT2D eigenvalue weighted by Crippen LogP contribution is 2.37. The number of fused-ring (bicyclic) bond motifs is 2. The smallest absolute Gasteiger partial charge is 0.345 e. The molecule has 0 spiro atoms. The van der Waals surface area contributed by atoms with Crippen LogP contribution in [0.1, 0.15) is 16.8 Å². The van der Waals surface area contributed by atoms with E-state index in [-0.39, 0.29) is 16.9 Å². The Kier molecular flexibility index (Phi) is 2.83. The van der Waals surface area contributed by atoms with Crippen molar-refractivity contribution in [2.24, 2.45) is 4.99 Å². The summed E-state index contributed by atoms with van der Waals surface area (Å²) in [5, 5.41) is 2.78. The lowest BCUT2D eigenvalue weighted by molar-refractivity contribution is -0.136. The number of aliphatic imine (C=N–C) groups is 1. The molecular formula is C14H9F3N6. The van der Waals surface area contributed by atoms with Crippen LogP contribution < -0.4 is 5.32 Å². The van der Waals surface area contributed by atoms with E-state index in [0.717, 1.165) is 17.5 Å². The standard InChI is InChI=1S/C14H9F3N6/c15-14(16,17)9-4-20-12-11(9)13(22-6-21-12)23-8-1-7-2-18-5-10(7)19-3-8/h1-4,6H,5H2,(H2,20,21,22,23). The summed E-state index contributed by atoms with van der Waals surface area (Å²) in [7, 11) is 0. The number of hydrogen-bond donors (Lipinski definition) is 2. The van der Waals surface area contributed by atoms with E-state index in [9.17, 15) is 13.2 Å². The summed E-state index contributed by atoms with van der Waals surface area (Å²) < 4.78 is 39.4. The van der Waals surface area contributed by atoms with Crippen LogP contribution in [-0.2, 0) is 12.7 Å². The van der Waals surface area contributed by atoms with Crippen LogP contribution in [0, 0.1) is 0 Å². The van der Waals surface area contributed by atoms with Crippen LogP contribution in [0.25, 0.3) is 11.0 Å². The van der Waals surface area contributed by atoms with Gasteiger partial charge in [-0.05, 0) is 6.07 Å². The fraction of sp³-hybridized carbons (Fsp3) is 0.143. The molecule has 0 radical (unpaired) electrons. The van der Waals surface area contributed by atoms with Gasteiger partial charge in [0.25, 0.3) is 0 Å². The Hall–Kier alpha value is -2.97. The molecule has 6 nitrogen and oxygen atoms in total. The minimum absolute atomic E-state index is 0.0697. The van der Waals surface area contributed by atoms with Crippen LogP contribution in [0.2, 0.25) is 0 Å². The Balaban J connectivity index is 1.80. The first-order valence-electron chi connectivity index (χ1n) is 6.67. The number of aromatic amines is 1. The van der Waals surface area contributed by atoms with Crippen LogP contribution in [0.5, 0.6) is 0 Å². The number of nitrogens with one attached hydrogen (secondary N) is 2. The van der Waals surface area contributed by atoms with Gasteiger partial charge in [-0.1, -0.05) is 0 Å². The number of halogens is 3. The van der Waals surface area contributed by atoms with Crippen molar-refractivity contribution in [1.82, 2.24) is 19.9 Å². The first-order valence-corrected chi connectivity index (χ1v) is 6.67. The highest BCUT2D eigenvalue weighted by molar-refractivity contribution is 5.93. The maximum absolute atomic E-state index is 13.1. The summed E-state index contributed by atoms with van der Waals surface area (Å²) in [6.07, 6.45) is 0.811. The quantitative estimate of drug-likeness (QED) is 0.761. The maximum atomic E-state index is 13.1. The van der Waals surface area contributed by atoms with Gasteiger partial charge in [0.1, 0.15) is 17.8 Å². The topological polar surface area (TPSA) is 78.9 Å². The predicted molar refractivity (Wildman–Crippen MR) is 77.7 cm³/mol. The third-order valence-corrected chi connectivity index (χ3v) is 3.51. The van der Waals surface area contributed by atoms with Gasteiger partial charge >= 0.3 is 6.18 Å². The SMILES string of the molecule is FC(F)(F)c1c[nH]c2ncnc(Nc3cnc4c(c3)C=NC4)c12. The van der Waals surface area contributed by atoms with E-state index in [1.807, 2.05) is 0 Å². The van der Waals surface area contributed by atoms with Crippen molar-refractivity contribution in [2.45, 2.75) is 12.7 Å². The molecule has 0 saturated heterocycles. The number of nitrogens with zero attached hydrogens (tertiary/aromatic N) is 4. The highest BCUT2D eigenvalue weighted by atomic mass is 19.4. The lowest BCUT2D eigenvalue weighted by Crippen LogP contribution is -2.06. The molecule has 2 N–H and O–H groups in total. The number of hydrogen-bond acceptors (Lipinski definition) is 5. The number of pyridine rings is 1. The van der Waals surface area contributed by atoms with Gasteiger partial charge in [-0.25, -0.2) is 9.97 Å². The van der Waals surface area contributed by atoms with E-state index < -0.39 is 11.7 Å². The molecule has 0 fully saturated rings. The highest BCUT2D eigenvalue weighted by Gasteiger charge is 2.35. The monoisotopic (exact) mass is 318 g/mol. The zero-order valence-corrected chi connectivity index (χ0v) is 11.5. The van der Waals surface area contributed by atoms with Crippen molar-refractivity contribution in [3.63, 3.8) is 0 Å². The number of alkyl halides is 3. The molecule has 1 aliphatic heterocycles. The molecule has 9 heteroatoms. The van der Waals surface area contributed by atoms with E-state index in [2.05, 4.69) is 30.2 Å². The van der Waals surface area contributed by atoms with Gasteiger partial charge in [-0.15, -0.1) is 0 Å². The predicted octanol–water partition coefficient (Wildman–Crippen LogP) is 3.05. The third-order valence-electron chi connectivity index (χ3n) is 3.51.